The summed E-state index contributed by atoms with van der Waals surface area (Å²) < 4.78 is 1.67. The second kappa shape index (κ2) is 8.86. The lowest BCUT2D eigenvalue weighted by molar-refractivity contribution is 0.0949. The van der Waals surface area contributed by atoms with Crippen LogP contribution in [-0.4, -0.2) is 37.1 Å². The number of hydrogen-bond donors (Lipinski definition) is 3. The van der Waals surface area contributed by atoms with Crippen LogP contribution in [0, 0.1) is 5.92 Å². The Kier molecular flexibility index (Phi) is 6.46. The lowest BCUT2D eigenvalue weighted by Gasteiger charge is -2.17. The predicted molar refractivity (Wildman–Crippen MR) is 111 cm³/mol. The number of aliphatic hydroxyl groups excluding tert-OH is 1. The van der Waals surface area contributed by atoms with Crippen LogP contribution in [0.25, 0.3) is 5.65 Å². The zero-order valence-corrected chi connectivity index (χ0v) is 17.2. The average molecular weight is 417 g/mol. The van der Waals surface area contributed by atoms with Gasteiger partial charge < -0.3 is 15.7 Å². The summed E-state index contributed by atoms with van der Waals surface area (Å²) in [4.78, 5) is 17.1. The molecule has 3 N–H and O–H groups in total. The number of hydrogen-bond acceptors (Lipinski definition) is 6. The smallest absolute Gasteiger partial charge is 0.253 e. The molecule has 29 heavy (non-hydrogen) atoms. The van der Waals surface area contributed by atoms with Crippen molar-refractivity contribution < 1.29 is 9.90 Å². The van der Waals surface area contributed by atoms with Crippen molar-refractivity contribution in [1.82, 2.24) is 30.2 Å². The quantitative estimate of drug-likeness (QED) is 0.586. The molecular formula is C20H25ClN6O2. The number of pyridine rings is 2. The molecule has 0 radical (unpaired) electrons. The van der Waals surface area contributed by atoms with Gasteiger partial charge in [0.2, 0.25) is 0 Å². The zero-order chi connectivity index (χ0) is 19.7. The lowest BCUT2D eigenvalue weighted by atomic mass is 10.1. The summed E-state index contributed by atoms with van der Waals surface area (Å²) in [5.74, 6) is 0.235. The standard InChI is InChI=1S/C20H24N6O2.ClH/c1-12(2)18(27)19-25-24-17-4-3-14(11-26(17)19)20(28)23-9-13-7-15-10-21-6-5-16(15)22-8-13;/h3-4,7-8,11-12,18,21,27H,5-6,9-10H2,1-2H3,(H,23,28);1H. The van der Waals surface area contributed by atoms with Crippen LogP contribution in [0.2, 0.25) is 0 Å². The van der Waals surface area contributed by atoms with E-state index in [1.54, 1.807) is 22.7 Å². The first-order valence-electron chi connectivity index (χ1n) is 9.51. The molecule has 1 atom stereocenters. The maximum absolute atomic E-state index is 12.6. The number of amides is 1. The molecule has 0 saturated carbocycles. The van der Waals surface area contributed by atoms with Crippen LogP contribution in [-0.2, 0) is 19.5 Å². The molecule has 3 aromatic heterocycles. The minimum Gasteiger partial charge on any atom is -0.385 e. The van der Waals surface area contributed by atoms with Gasteiger partial charge in [-0.3, -0.25) is 14.2 Å². The van der Waals surface area contributed by atoms with E-state index in [-0.39, 0.29) is 24.2 Å². The van der Waals surface area contributed by atoms with E-state index < -0.39 is 6.10 Å². The normalized spacial score (nSPS) is 14.3. The number of aromatic nitrogens is 4. The van der Waals surface area contributed by atoms with Crippen molar-refractivity contribution in [3.63, 3.8) is 0 Å². The van der Waals surface area contributed by atoms with Gasteiger partial charge in [0.1, 0.15) is 6.10 Å². The van der Waals surface area contributed by atoms with Crippen molar-refractivity contribution in [3.8, 4) is 0 Å². The fourth-order valence-corrected chi connectivity index (χ4v) is 3.32. The average Bonchev–Trinajstić information content (AvgIpc) is 3.14. The first-order chi connectivity index (χ1) is 13.5. The van der Waals surface area contributed by atoms with E-state index in [0.29, 0.717) is 23.6 Å². The predicted octanol–water partition coefficient (Wildman–Crippen LogP) is 1.81. The molecule has 0 spiro atoms. The number of aliphatic hydroxyl groups is 1. The van der Waals surface area contributed by atoms with Gasteiger partial charge in [-0.1, -0.05) is 13.8 Å². The molecule has 0 saturated heterocycles. The van der Waals surface area contributed by atoms with Crippen molar-refractivity contribution in [3.05, 3.63) is 58.8 Å². The topological polar surface area (TPSA) is 104 Å². The fraction of sp³-hybridized carbons (Fsp3) is 0.400. The Bertz CT molecular complexity index is 1020. The van der Waals surface area contributed by atoms with Crippen LogP contribution in [0.3, 0.4) is 0 Å². The van der Waals surface area contributed by atoms with Crippen molar-refractivity contribution in [1.29, 1.82) is 0 Å². The SMILES string of the molecule is CC(C)C(O)c1nnc2ccc(C(=O)NCc3cnc4c(c3)CNCC4)cn12.Cl. The number of nitrogens with one attached hydrogen (secondary N) is 2. The number of carbonyl (C=O) groups is 1. The van der Waals surface area contributed by atoms with Crippen molar-refractivity contribution in [2.24, 2.45) is 5.92 Å². The van der Waals surface area contributed by atoms with Gasteiger partial charge in [0.05, 0.1) is 5.56 Å². The van der Waals surface area contributed by atoms with E-state index in [4.69, 9.17) is 0 Å². The van der Waals surface area contributed by atoms with Crippen LogP contribution in [0.1, 0.15) is 53.0 Å². The molecule has 4 heterocycles. The molecule has 8 nitrogen and oxygen atoms in total. The maximum Gasteiger partial charge on any atom is 0.253 e. The first kappa shape index (κ1) is 21.2. The second-order valence-corrected chi connectivity index (χ2v) is 7.45. The second-order valence-electron chi connectivity index (χ2n) is 7.45. The summed E-state index contributed by atoms with van der Waals surface area (Å²) in [5.41, 5.74) is 4.37. The molecule has 1 aliphatic heterocycles. The van der Waals surface area contributed by atoms with Gasteiger partial charge in [0.15, 0.2) is 11.5 Å². The Balaban J connectivity index is 0.00000240. The number of carbonyl (C=O) groups excluding carboxylic acids is 1. The van der Waals surface area contributed by atoms with Crippen molar-refractivity contribution in [2.75, 3.05) is 6.54 Å². The lowest BCUT2D eigenvalue weighted by Crippen LogP contribution is -2.26. The third-order valence-electron chi connectivity index (χ3n) is 5.01. The molecule has 0 fully saturated rings. The van der Waals surface area contributed by atoms with Gasteiger partial charge in [-0.05, 0) is 35.2 Å². The highest BCUT2D eigenvalue weighted by atomic mass is 35.5. The highest BCUT2D eigenvalue weighted by Gasteiger charge is 2.19. The van der Waals surface area contributed by atoms with Crippen LogP contribution in [0.5, 0.6) is 0 Å². The molecule has 0 bridgehead atoms. The Morgan fingerprint density at radius 1 is 1.34 bits per heavy atom. The Labute approximate surface area is 175 Å². The summed E-state index contributed by atoms with van der Waals surface area (Å²) in [6, 6.07) is 5.53. The molecule has 1 amide bonds. The zero-order valence-electron chi connectivity index (χ0n) is 16.4. The summed E-state index contributed by atoms with van der Waals surface area (Å²) in [5, 5.41) is 24.7. The molecule has 0 aliphatic carbocycles. The van der Waals surface area contributed by atoms with Crippen LogP contribution in [0.15, 0.2) is 30.6 Å². The fourth-order valence-electron chi connectivity index (χ4n) is 3.32. The molecular weight excluding hydrogens is 392 g/mol. The van der Waals surface area contributed by atoms with E-state index in [2.05, 4.69) is 31.9 Å². The summed E-state index contributed by atoms with van der Waals surface area (Å²) in [7, 11) is 0. The van der Waals surface area contributed by atoms with Gasteiger partial charge >= 0.3 is 0 Å². The minimum absolute atomic E-state index is 0. The van der Waals surface area contributed by atoms with Gasteiger partial charge in [0.25, 0.3) is 5.91 Å². The first-order valence-corrected chi connectivity index (χ1v) is 9.51. The van der Waals surface area contributed by atoms with Gasteiger partial charge in [0, 0.05) is 44.1 Å². The number of nitrogens with zero attached hydrogens (tertiary/aromatic N) is 4. The van der Waals surface area contributed by atoms with Gasteiger partial charge in [-0.2, -0.15) is 0 Å². The Hall–Kier alpha value is -2.55. The summed E-state index contributed by atoms with van der Waals surface area (Å²) >= 11 is 0. The molecule has 0 aromatic carbocycles. The molecule has 4 rings (SSSR count). The maximum atomic E-state index is 12.6. The van der Waals surface area contributed by atoms with E-state index in [1.165, 1.54) is 5.56 Å². The van der Waals surface area contributed by atoms with E-state index in [1.807, 2.05) is 20.0 Å². The number of halogens is 1. The van der Waals surface area contributed by atoms with Gasteiger partial charge in [-0.15, -0.1) is 22.6 Å². The Morgan fingerprint density at radius 3 is 2.97 bits per heavy atom. The molecule has 1 unspecified atom stereocenters. The van der Waals surface area contributed by atoms with Crippen LogP contribution < -0.4 is 10.6 Å². The van der Waals surface area contributed by atoms with Crippen LogP contribution >= 0.6 is 12.4 Å². The number of fused-ring (bicyclic) bond motifs is 2. The molecule has 9 heteroatoms. The van der Waals surface area contributed by atoms with Crippen LogP contribution in [0.4, 0.5) is 0 Å². The Morgan fingerprint density at radius 2 is 2.17 bits per heavy atom. The minimum atomic E-state index is -0.747. The third-order valence-corrected chi connectivity index (χ3v) is 5.01. The van der Waals surface area contributed by atoms with E-state index in [9.17, 15) is 9.90 Å². The highest BCUT2D eigenvalue weighted by Crippen LogP contribution is 2.20. The highest BCUT2D eigenvalue weighted by molar-refractivity contribution is 5.94. The van der Waals surface area contributed by atoms with E-state index >= 15 is 0 Å². The molecule has 154 valence electrons. The third kappa shape index (κ3) is 4.39. The van der Waals surface area contributed by atoms with Gasteiger partial charge in [-0.25, -0.2) is 0 Å². The monoisotopic (exact) mass is 416 g/mol. The molecule has 1 aliphatic rings. The molecule has 3 aromatic rings. The van der Waals surface area contributed by atoms with Crippen molar-refractivity contribution >= 4 is 24.0 Å². The largest absolute Gasteiger partial charge is 0.385 e. The van der Waals surface area contributed by atoms with E-state index in [0.717, 1.165) is 30.8 Å². The summed E-state index contributed by atoms with van der Waals surface area (Å²) in [6.45, 7) is 5.99. The number of rotatable bonds is 5. The summed E-state index contributed by atoms with van der Waals surface area (Å²) in [6.07, 6.45) is 3.68. The van der Waals surface area contributed by atoms with Crippen molar-refractivity contribution in [2.45, 2.75) is 39.5 Å².